The van der Waals surface area contributed by atoms with Gasteiger partial charge >= 0.3 is 5.97 Å². The van der Waals surface area contributed by atoms with Crippen LogP contribution in [0.1, 0.15) is 6.92 Å². The smallest absolute Gasteiger partial charge is 0.303 e. The van der Waals surface area contributed by atoms with Crippen LogP contribution in [0.3, 0.4) is 0 Å². The molecule has 0 aromatic heterocycles. The molecule has 5 nitrogen and oxygen atoms in total. The lowest BCUT2D eigenvalue weighted by Crippen LogP contribution is -2.37. The topological polar surface area (TPSA) is 63.7 Å². The van der Waals surface area contributed by atoms with Crippen LogP contribution in [0.5, 0.6) is 0 Å². The Labute approximate surface area is 96.4 Å². The zero-order valence-corrected chi connectivity index (χ0v) is 10.4. The van der Waals surface area contributed by atoms with Gasteiger partial charge < -0.3 is 4.74 Å². The van der Waals surface area contributed by atoms with Crippen LogP contribution in [-0.2, 0) is 19.6 Å². The first kappa shape index (κ1) is 14.9. The molecule has 0 unspecified atom stereocenters. The van der Waals surface area contributed by atoms with Crippen molar-refractivity contribution in [2.45, 2.75) is 13.0 Å². The van der Waals surface area contributed by atoms with Gasteiger partial charge in [0.1, 0.15) is 6.10 Å². The summed E-state index contributed by atoms with van der Waals surface area (Å²) in [6.07, 6.45) is 3.30. The number of carbonyl (C=O) groups is 1. The zero-order chi connectivity index (χ0) is 12.8. The number of hydrogen-bond donors (Lipinski definition) is 0. The fourth-order valence-corrected chi connectivity index (χ4v) is 1.86. The highest BCUT2D eigenvalue weighted by Crippen LogP contribution is 2.04. The van der Waals surface area contributed by atoms with Crippen LogP contribution in [0.2, 0.25) is 0 Å². The molecule has 0 spiro atoms. The fraction of sp³-hybridized carbons (Fsp3) is 0.500. The second-order valence-corrected chi connectivity index (χ2v) is 5.23. The molecule has 0 N–H and O–H groups in total. The van der Waals surface area contributed by atoms with Gasteiger partial charge in [-0.25, -0.2) is 8.42 Å². The van der Waals surface area contributed by atoms with Crippen molar-refractivity contribution in [1.82, 2.24) is 4.31 Å². The predicted octanol–water partition coefficient (Wildman–Crippen LogP) is 0.552. The second-order valence-electron chi connectivity index (χ2n) is 3.25. The lowest BCUT2D eigenvalue weighted by atomic mass is 10.3. The van der Waals surface area contributed by atoms with Gasteiger partial charge in [-0.3, -0.25) is 4.79 Å². The van der Waals surface area contributed by atoms with Crippen LogP contribution in [-0.4, -0.2) is 44.1 Å². The summed E-state index contributed by atoms with van der Waals surface area (Å²) in [5.74, 6) is -0.475. The van der Waals surface area contributed by atoms with Crippen LogP contribution in [0.25, 0.3) is 0 Å². The largest absolute Gasteiger partial charge is 0.457 e. The zero-order valence-electron chi connectivity index (χ0n) is 9.55. The maximum absolute atomic E-state index is 11.4. The summed E-state index contributed by atoms with van der Waals surface area (Å²) in [6, 6.07) is 0. The number of carbonyl (C=O) groups excluding carboxylic acids is 1. The first-order valence-electron chi connectivity index (χ1n) is 4.67. The Morgan fingerprint density at radius 3 is 2.38 bits per heavy atom. The minimum absolute atomic E-state index is 0.0495. The van der Waals surface area contributed by atoms with Crippen molar-refractivity contribution in [2.75, 3.05) is 19.3 Å². The molecule has 16 heavy (non-hydrogen) atoms. The molecule has 0 fully saturated rings. The van der Waals surface area contributed by atoms with Gasteiger partial charge in [0.25, 0.3) is 0 Å². The van der Waals surface area contributed by atoms with E-state index in [1.165, 1.54) is 19.1 Å². The summed E-state index contributed by atoms with van der Waals surface area (Å²) < 4.78 is 28.8. The first-order chi connectivity index (χ1) is 7.31. The Hall–Kier alpha value is -1.14. The maximum atomic E-state index is 11.4. The van der Waals surface area contributed by atoms with Crippen molar-refractivity contribution >= 4 is 16.0 Å². The lowest BCUT2D eigenvalue weighted by Gasteiger charge is -2.22. The van der Waals surface area contributed by atoms with Crippen molar-refractivity contribution in [3.05, 3.63) is 25.3 Å². The van der Waals surface area contributed by atoms with Gasteiger partial charge in [-0.2, -0.15) is 4.31 Å². The Morgan fingerprint density at radius 1 is 1.50 bits per heavy atom. The van der Waals surface area contributed by atoms with Gasteiger partial charge in [0, 0.05) is 13.5 Å². The Kier molecular flexibility index (Phi) is 5.98. The third kappa shape index (κ3) is 5.67. The van der Waals surface area contributed by atoms with Gasteiger partial charge in [-0.1, -0.05) is 18.7 Å². The van der Waals surface area contributed by atoms with E-state index in [0.29, 0.717) is 0 Å². The second kappa shape index (κ2) is 6.44. The van der Waals surface area contributed by atoms with Crippen molar-refractivity contribution in [3.8, 4) is 0 Å². The minimum atomic E-state index is -3.35. The minimum Gasteiger partial charge on any atom is -0.457 e. The molecule has 0 aromatic carbocycles. The molecule has 0 aromatic rings. The number of sulfonamides is 1. The highest BCUT2D eigenvalue weighted by Gasteiger charge is 2.20. The van der Waals surface area contributed by atoms with E-state index in [4.69, 9.17) is 4.74 Å². The summed E-state index contributed by atoms with van der Waals surface area (Å²) in [7, 11) is -3.35. The van der Waals surface area contributed by atoms with Crippen LogP contribution >= 0.6 is 0 Å². The molecule has 92 valence electrons. The van der Waals surface area contributed by atoms with Gasteiger partial charge in [0.15, 0.2) is 0 Å². The normalized spacial score (nSPS) is 13.2. The van der Waals surface area contributed by atoms with E-state index < -0.39 is 22.1 Å². The summed E-state index contributed by atoms with van der Waals surface area (Å²) >= 11 is 0. The lowest BCUT2D eigenvalue weighted by molar-refractivity contribution is -0.144. The number of esters is 1. The molecule has 0 aliphatic heterocycles. The summed E-state index contributed by atoms with van der Waals surface area (Å²) in [5.41, 5.74) is 0. The molecule has 0 amide bonds. The monoisotopic (exact) mass is 247 g/mol. The van der Waals surface area contributed by atoms with E-state index in [0.717, 1.165) is 10.6 Å². The maximum Gasteiger partial charge on any atom is 0.303 e. The number of ether oxygens (including phenoxy) is 1. The SMILES string of the molecule is C=CCN(C[C@H](C=C)OC(C)=O)S(C)(=O)=O. The number of nitrogens with zero attached hydrogens (tertiary/aromatic N) is 1. The van der Waals surface area contributed by atoms with Crippen molar-refractivity contribution in [3.63, 3.8) is 0 Å². The summed E-state index contributed by atoms with van der Waals surface area (Å²) in [6.45, 7) is 8.43. The van der Waals surface area contributed by atoms with Crippen LogP contribution in [0.4, 0.5) is 0 Å². The number of hydrogen-bond acceptors (Lipinski definition) is 4. The highest BCUT2D eigenvalue weighted by atomic mass is 32.2. The molecule has 0 bridgehead atoms. The molecule has 0 rings (SSSR count). The number of rotatable bonds is 7. The van der Waals surface area contributed by atoms with Crippen molar-refractivity contribution in [2.24, 2.45) is 0 Å². The molecule has 0 saturated carbocycles. The third-order valence-electron chi connectivity index (χ3n) is 1.77. The molecular weight excluding hydrogens is 230 g/mol. The summed E-state index contributed by atoms with van der Waals surface area (Å²) in [5, 5.41) is 0. The van der Waals surface area contributed by atoms with E-state index in [1.807, 2.05) is 0 Å². The quantitative estimate of drug-likeness (QED) is 0.487. The van der Waals surface area contributed by atoms with Gasteiger partial charge in [-0.05, 0) is 0 Å². The van der Waals surface area contributed by atoms with Crippen LogP contribution < -0.4 is 0 Å². The standard InChI is InChI=1S/C10H17NO4S/c1-5-7-11(16(4,13)14)8-10(6-2)15-9(3)12/h5-6,10H,1-2,7-8H2,3-4H3/t10-/m0/s1. The predicted molar refractivity (Wildman–Crippen MR) is 62.4 cm³/mol. The fourth-order valence-electron chi connectivity index (χ4n) is 1.06. The molecule has 0 aliphatic rings. The molecule has 0 aliphatic carbocycles. The van der Waals surface area contributed by atoms with Crippen LogP contribution in [0.15, 0.2) is 25.3 Å². The Morgan fingerprint density at radius 2 is 2.06 bits per heavy atom. The highest BCUT2D eigenvalue weighted by molar-refractivity contribution is 7.88. The van der Waals surface area contributed by atoms with Gasteiger partial charge in [0.05, 0.1) is 12.8 Å². The molecule has 0 heterocycles. The Bertz CT molecular complexity index is 361. The van der Waals surface area contributed by atoms with Gasteiger partial charge in [-0.15, -0.1) is 6.58 Å². The van der Waals surface area contributed by atoms with Crippen molar-refractivity contribution in [1.29, 1.82) is 0 Å². The van der Waals surface area contributed by atoms with Crippen LogP contribution in [0, 0.1) is 0 Å². The van der Waals surface area contributed by atoms with Gasteiger partial charge in [0.2, 0.25) is 10.0 Å². The molecule has 0 radical (unpaired) electrons. The third-order valence-corrected chi connectivity index (χ3v) is 3.00. The molecular formula is C10H17NO4S. The molecule has 1 atom stereocenters. The average molecular weight is 247 g/mol. The Balaban J connectivity index is 4.65. The van der Waals surface area contributed by atoms with E-state index in [-0.39, 0.29) is 13.1 Å². The summed E-state index contributed by atoms with van der Waals surface area (Å²) in [4.78, 5) is 10.7. The average Bonchev–Trinajstić information content (AvgIpc) is 2.13. The first-order valence-corrected chi connectivity index (χ1v) is 6.52. The van der Waals surface area contributed by atoms with E-state index in [2.05, 4.69) is 13.2 Å². The van der Waals surface area contributed by atoms with E-state index >= 15 is 0 Å². The van der Waals surface area contributed by atoms with E-state index in [9.17, 15) is 13.2 Å². The van der Waals surface area contributed by atoms with E-state index in [1.54, 1.807) is 0 Å². The molecule has 0 saturated heterocycles. The molecule has 6 heteroatoms. The van der Waals surface area contributed by atoms with Crippen molar-refractivity contribution < 1.29 is 17.9 Å².